The van der Waals surface area contributed by atoms with Crippen molar-refractivity contribution in [3.63, 3.8) is 0 Å². The topological polar surface area (TPSA) is 50.1 Å². The molecule has 2 rings (SSSR count). The van der Waals surface area contributed by atoms with Gasteiger partial charge in [0.1, 0.15) is 5.75 Å². The quantitative estimate of drug-likeness (QED) is 0.735. The van der Waals surface area contributed by atoms with Gasteiger partial charge in [-0.15, -0.1) is 0 Å². The first-order chi connectivity index (χ1) is 7.26. The van der Waals surface area contributed by atoms with Crippen LogP contribution in [-0.4, -0.2) is 12.9 Å². The summed E-state index contributed by atoms with van der Waals surface area (Å²) in [6.45, 7) is 0. The minimum absolute atomic E-state index is 0.0919. The molecule has 15 heavy (non-hydrogen) atoms. The lowest BCUT2D eigenvalue weighted by molar-refractivity contribution is 0.0938. The summed E-state index contributed by atoms with van der Waals surface area (Å²) in [5, 5.41) is 8.60. The Morgan fingerprint density at radius 2 is 2.40 bits per heavy atom. The number of ether oxygens (including phenoxy) is 1. The third-order valence-electron chi connectivity index (χ3n) is 2.75. The van der Waals surface area contributed by atoms with Gasteiger partial charge in [-0.25, -0.2) is 0 Å². The van der Waals surface area contributed by atoms with Crippen molar-refractivity contribution in [1.82, 2.24) is 0 Å². The molecule has 3 nitrogen and oxygen atoms in total. The Bertz CT molecular complexity index is 445. The first-order valence-electron chi connectivity index (χ1n) is 4.84. The van der Waals surface area contributed by atoms with Crippen molar-refractivity contribution in [3.8, 4) is 11.8 Å². The fourth-order valence-corrected chi connectivity index (χ4v) is 1.96. The van der Waals surface area contributed by atoms with E-state index in [1.165, 1.54) is 0 Å². The standard InChI is InChI=1S/C12H11NO2/c1-15-10-2-3-11-9(7-10)6-8(4-5-13)12(11)14/h2-3,7-8H,4,6H2,1H3. The second-order valence-electron chi connectivity index (χ2n) is 3.65. The zero-order chi connectivity index (χ0) is 10.8. The van der Waals surface area contributed by atoms with Crippen LogP contribution in [0.4, 0.5) is 0 Å². The normalized spacial score (nSPS) is 18.4. The molecule has 0 bridgehead atoms. The van der Waals surface area contributed by atoms with Crippen molar-refractivity contribution in [3.05, 3.63) is 29.3 Å². The van der Waals surface area contributed by atoms with Crippen LogP contribution in [0.1, 0.15) is 22.3 Å². The zero-order valence-corrected chi connectivity index (χ0v) is 8.49. The number of benzene rings is 1. The van der Waals surface area contributed by atoms with E-state index in [0.29, 0.717) is 12.8 Å². The number of rotatable bonds is 2. The van der Waals surface area contributed by atoms with Gasteiger partial charge in [0, 0.05) is 17.9 Å². The molecule has 1 atom stereocenters. The van der Waals surface area contributed by atoms with Crippen molar-refractivity contribution >= 4 is 5.78 Å². The molecule has 0 saturated carbocycles. The molecule has 3 heteroatoms. The average molecular weight is 201 g/mol. The second kappa shape index (κ2) is 3.74. The van der Waals surface area contributed by atoms with Crippen LogP contribution in [0.25, 0.3) is 0 Å². The van der Waals surface area contributed by atoms with Crippen molar-refractivity contribution in [2.75, 3.05) is 7.11 Å². The van der Waals surface area contributed by atoms with Gasteiger partial charge in [-0.05, 0) is 30.2 Å². The van der Waals surface area contributed by atoms with Gasteiger partial charge in [-0.3, -0.25) is 4.79 Å². The maximum atomic E-state index is 11.8. The molecule has 76 valence electrons. The molecule has 0 amide bonds. The van der Waals surface area contributed by atoms with Crippen molar-refractivity contribution in [2.45, 2.75) is 12.8 Å². The molecule has 0 heterocycles. The monoisotopic (exact) mass is 201 g/mol. The summed E-state index contributed by atoms with van der Waals surface area (Å²) >= 11 is 0. The van der Waals surface area contributed by atoms with Crippen LogP contribution in [0.15, 0.2) is 18.2 Å². The van der Waals surface area contributed by atoms with E-state index in [-0.39, 0.29) is 11.7 Å². The first-order valence-corrected chi connectivity index (χ1v) is 4.84. The number of nitriles is 1. The smallest absolute Gasteiger partial charge is 0.167 e. The molecule has 0 spiro atoms. The van der Waals surface area contributed by atoms with Crippen LogP contribution in [0.5, 0.6) is 5.75 Å². The lowest BCUT2D eigenvalue weighted by atomic mass is 10.0. The van der Waals surface area contributed by atoms with Gasteiger partial charge in [0.05, 0.1) is 13.2 Å². The number of methoxy groups -OCH3 is 1. The van der Waals surface area contributed by atoms with Crippen LogP contribution in [0, 0.1) is 17.2 Å². The average Bonchev–Trinajstić information content (AvgIpc) is 2.56. The predicted octanol–water partition coefficient (Wildman–Crippen LogP) is 1.96. The van der Waals surface area contributed by atoms with E-state index in [1.54, 1.807) is 19.2 Å². The number of fused-ring (bicyclic) bond motifs is 1. The summed E-state index contributed by atoms with van der Waals surface area (Å²) < 4.78 is 5.09. The maximum Gasteiger partial charge on any atom is 0.167 e. The summed E-state index contributed by atoms with van der Waals surface area (Å²) in [4.78, 5) is 11.8. The Labute approximate surface area is 88.3 Å². The molecule has 0 aromatic heterocycles. The molecule has 0 radical (unpaired) electrons. The van der Waals surface area contributed by atoms with Gasteiger partial charge in [-0.1, -0.05) is 0 Å². The van der Waals surface area contributed by atoms with Gasteiger partial charge in [0.15, 0.2) is 5.78 Å². The summed E-state index contributed by atoms with van der Waals surface area (Å²) in [7, 11) is 1.60. The van der Waals surface area contributed by atoms with Gasteiger partial charge in [-0.2, -0.15) is 5.26 Å². The molecule has 0 saturated heterocycles. The third kappa shape index (κ3) is 1.59. The van der Waals surface area contributed by atoms with E-state index >= 15 is 0 Å². The van der Waals surface area contributed by atoms with Gasteiger partial charge < -0.3 is 4.74 Å². The summed E-state index contributed by atoms with van der Waals surface area (Å²) in [5.74, 6) is 0.700. The molecule has 1 aromatic carbocycles. The lowest BCUT2D eigenvalue weighted by Gasteiger charge is -2.01. The Morgan fingerprint density at radius 3 is 3.07 bits per heavy atom. The summed E-state index contributed by atoms with van der Waals surface area (Å²) in [5.41, 5.74) is 1.75. The highest BCUT2D eigenvalue weighted by Crippen LogP contribution is 2.31. The molecule has 1 aromatic rings. The lowest BCUT2D eigenvalue weighted by Crippen LogP contribution is -2.07. The Balaban J connectivity index is 2.33. The fourth-order valence-electron chi connectivity index (χ4n) is 1.96. The molecule has 1 aliphatic carbocycles. The Hall–Kier alpha value is -1.82. The number of hydrogen-bond acceptors (Lipinski definition) is 3. The number of ketones is 1. The predicted molar refractivity (Wildman–Crippen MR) is 54.7 cm³/mol. The molecule has 0 N–H and O–H groups in total. The zero-order valence-electron chi connectivity index (χ0n) is 8.49. The minimum atomic E-state index is -0.155. The highest BCUT2D eigenvalue weighted by Gasteiger charge is 2.30. The van der Waals surface area contributed by atoms with Crippen LogP contribution in [-0.2, 0) is 6.42 Å². The van der Waals surface area contributed by atoms with Gasteiger partial charge in [0.2, 0.25) is 0 Å². The highest BCUT2D eigenvalue weighted by molar-refractivity contribution is 6.02. The Kier molecular flexibility index (Phi) is 2.42. The first kappa shape index (κ1) is 9.72. The molecule has 1 unspecified atom stereocenters. The number of nitrogens with zero attached hydrogens (tertiary/aromatic N) is 1. The van der Waals surface area contributed by atoms with E-state index < -0.39 is 0 Å². The summed E-state index contributed by atoms with van der Waals surface area (Å²) in [6.07, 6.45) is 0.967. The largest absolute Gasteiger partial charge is 0.497 e. The number of carbonyl (C=O) groups is 1. The summed E-state index contributed by atoms with van der Waals surface area (Å²) in [6, 6.07) is 7.50. The van der Waals surface area contributed by atoms with E-state index in [9.17, 15) is 4.79 Å². The molecule has 0 fully saturated rings. The minimum Gasteiger partial charge on any atom is -0.497 e. The third-order valence-corrected chi connectivity index (χ3v) is 2.75. The van der Waals surface area contributed by atoms with Crippen molar-refractivity contribution in [2.24, 2.45) is 5.92 Å². The van der Waals surface area contributed by atoms with Crippen molar-refractivity contribution in [1.29, 1.82) is 5.26 Å². The van der Waals surface area contributed by atoms with E-state index in [2.05, 4.69) is 6.07 Å². The van der Waals surface area contributed by atoms with E-state index in [4.69, 9.17) is 10.00 Å². The van der Waals surface area contributed by atoms with Gasteiger partial charge in [0.25, 0.3) is 0 Å². The Morgan fingerprint density at radius 1 is 1.60 bits per heavy atom. The van der Waals surface area contributed by atoms with Crippen LogP contribution >= 0.6 is 0 Å². The van der Waals surface area contributed by atoms with E-state index in [0.717, 1.165) is 16.9 Å². The van der Waals surface area contributed by atoms with Crippen LogP contribution < -0.4 is 4.74 Å². The van der Waals surface area contributed by atoms with Crippen LogP contribution in [0.2, 0.25) is 0 Å². The maximum absolute atomic E-state index is 11.8. The van der Waals surface area contributed by atoms with Crippen molar-refractivity contribution < 1.29 is 9.53 Å². The van der Waals surface area contributed by atoms with E-state index in [1.807, 2.05) is 6.07 Å². The highest BCUT2D eigenvalue weighted by atomic mass is 16.5. The number of carbonyl (C=O) groups excluding carboxylic acids is 1. The van der Waals surface area contributed by atoms with Gasteiger partial charge >= 0.3 is 0 Å². The fraction of sp³-hybridized carbons (Fsp3) is 0.333. The number of Topliss-reactive ketones (excluding diaryl/α,β-unsaturated/α-hetero) is 1. The number of hydrogen-bond donors (Lipinski definition) is 0. The SMILES string of the molecule is COc1ccc2c(c1)CC(CC#N)C2=O. The second-order valence-corrected chi connectivity index (χ2v) is 3.65. The molecular formula is C12H11NO2. The molecular weight excluding hydrogens is 190 g/mol. The molecule has 1 aliphatic rings. The molecule has 0 aliphatic heterocycles. The van der Waals surface area contributed by atoms with Crippen LogP contribution in [0.3, 0.4) is 0 Å².